The number of phenols is 1. The third-order valence-electron chi connectivity index (χ3n) is 3.92. The van der Waals surface area contributed by atoms with Crippen molar-refractivity contribution in [2.24, 2.45) is 0 Å². The average molecular weight is 333 g/mol. The Morgan fingerprint density at radius 1 is 1.08 bits per heavy atom. The van der Waals surface area contributed by atoms with E-state index in [2.05, 4.69) is 15.3 Å². The highest BCUT2D eigenvalue weighted by atomic mass is 16.3. The van der Waals surface area contributed by atoms with Gasteiger partial charge in [0.2, 0.25) is 5.91 Å². The van der Waals surface area contributed by atoms with Crippen LogP contribution in [0.4, 0.5) is 5.69 Å². The van der Waals surface area contributed by atoms with Crippen LogP contribution in [-0.4, -0.2) is 21.0 Å². The second kappa shape index (κ2) is 7.57. The van der Waals surface area contributed by atoms with Crippen molar-refractivity contribution in [1.82, 2.24) is 9.97 Å². The van der Waals surface area contributed by atoms with Crippen molar-refractivity contribution in [3.8, 4) is 17.1 Å². The summed E-state index contributed by atoms with van der Waals surface area (Å²) in [5.74, 6) is 0.584. The fourth-order valence-electron chi connectivity index (χ4n) is 2.55. The van der Waals surface area contributed by atoms with Crippen molar-refractivity contribution < 1.29 is 9.90 Å². The summed E-state index contributed by atoms with van der Waals surface area (Å²) < 4.78 is 0. The first-order valence-corrected chi connectivity index (χ1v) is 8.07. The predicted octanol–water partition coefficient (Wildman–Crippen LogP) is 3.73. The number of anilines is 1. The van der Waals surface area contributed by atoms with Crippen molar-refractivity contribution in [2.45, 2.75) is 19.8 Å². The number of benzene rings is 2. The molecule has 0 saturated carbocycles. The number of hydrogen-bond donors (Lipinski definition) is 2. The molecule has 0 spiro atoms. The molecule has 3 aromatic rings. The third kappa shape index (κ3) is 4.41. The minimum Gasteiger partial charge on any atom is -0.508 e. The first-order valence-electron chi connectivity index (χ1n) is 8.07. The Morgan fingerprint density at radius 3 is 2.56 bits per heavy atom. The lowest BCUT2D eigenvalue weighted by atomic mass is 10.0. The zero-order valence-electron chi connectivity index (χ0n) is 13.9. The molecule has 126 valence electrons. The molecule has 0 atom stereocenters. The second-order valence-corrected chi connectivity index (χ2v) is 5.82. The van der Waals surface area contributed by atoms with Crippen molar-refractivity contribution in [2.75, 3.05) is 5.32 Å². The Balaban J connectivity index is 1.59. The maximum absolute atomic E-state index is 12.1. The predicted molar refractivity (Wildman–Crippen MR) is 97.3 cm³/mol. The number of aromatic hydroxyl groups is 1. The number of phenolic OH excluding ortho intramolecular Hbond substituents is 1. The normalized spacial score (nSPS) is 10.4. The van der Waals surface area contributed by atoms with Crippen LogP contribution in [0.2, 0.25) is 0 Å². The van der Waals surface area contributed by atoms with E-state index in [1.807, 2.05) is 37.3 Å². The van der Waals surface area contributed by atoms with Crippen LogP contribution in [-0.2, 0) is 11.2 Å². The van der Waals surface area contributed by atoms with Crippen molar-refractivity contribution >= 4 is 11.6 Å². The summed E-state index contributed by atoms with van der Waals surface area (Å²) in [6.07, 6.45) is 4.23. The van der Waals surface area contributed by atoms with Crippen LogP contribution in [0.3, 0.4) is 0 Å². The van der Waals surface area contributed by atoms with Gasteiger partial charge in [-0.2, -0.15) is 0 Å². The molecule has 25 heavy (non-hydrogen) atoms. The van der Waals surface area contributed by atoms with E-state index in [-0.39, 0.29) is 11.7 Å². The molecule has 2 N–H and O–H groups in total. The van der Waals surface area contributed by atoms with E-state index >= 15 is 0 Å². The fraction of sp³-hybridized carbons (Fsp3) is 0.150. The lowest BCUT2D eigenvalue weighted by molar-refractivity contribution is -0.116. The molecule has 0 aliphatic carbocycles. The SMILES string of the molecule is Cc1ccccc1CCC(=O)Nc1cnc(-c2cccc(O)c2)nc1. The monoisotopic (exact) mass is 333 g/mol. The topological polar surface area (TPSA) is 75.1 Å². The zero-order chi connectivity index (χ0) is 17.6. The standard InChI is InChI=1S/C20H19N3O2/c1-14-5-2-3-6-15(14)9-10-19(25)23-17-12-21-20(22-13-17)16-7-4-8-18(24)11-16/h2-8,11-13,24H,9-10H2,1H3,(H,23,25). The van der Waals surface area contributed by atoms with E-state index in [0.717, 1.165) is 5.56 Å². The van der Waals surface area contributed by atoms with Gasteiger partial charge in [0.25, 0.3) is 0 Å². The van der Waals surface area contributed by atoms with Gasteiger partial charge in [-0.1, -0.05) is 36.4 Å². The molecule has 0 aliphatic heterocycles. The molecule has 0 unspecified atom stereocenters. The summed E-state index contributed by atoms with van der Waals surface area (Å²) in [5.41, 5.74) is 3.64. The highest BCUT2D eigenvalue weighted by Gasteiger charge is 2.07. The minimum absolute atomic E-state index is 0.0723. The summed E-state index contributed by atoms with van der Waals surface area (Å²) in [7, 11) is 0. The quantitative estimate of drug-likeness (QED) is 0.746. The van der Waals surface area contributed by atoms with Gasteiger partial charge in [-0.15, -0.1) is 0 Å². The Kier molecular flexibility index (Phi) is 5.04. The van der Waals surface area contributed by atoms with Gasteiger partial charge in [-0.25, -0.2) is 9.97 Å². The van der Waals surface area contributed by atoms with E-state index in [0.29, 0.717) is 24.4 Å². The molecule has 2 aromatic carbocycles. The third-order valence-corrected chi connectivity index (χ3v) is 3.92. The summed E-state index contributed by atoms with van der Waals surface area (Å²) in [6, 6.07) is 14.8. The molecule has 1 aromatic heterocycles. The minimum atomic E-state index is -0.0723. The summed E-state index contributed by atoms with van der Waals surface area (Å²) >= 11 is 0. The Hall–Kier alpha value is -3.21. The number of hydrogen-bond acceptors (Lipinski definition) is 4. The molecular weight excluding hydrogens is 314 g/mol. The van der Waals surface area contributed by atoms with Crippen LogP contribution in [0.1, 0.15) is 17.5 Å². The molecule has 0 bridgehead atoms. The fourth-order valence-corrected chi connectivity index (χ4v) is 2.55. The highest BCUT2D eigenvalue weighted by molar-refractivity contribution is 5.90. The zero-order valence-corrected chi connectivity index (χ0v) is 13.9. The second-order valence-electron chi connectivity index (χ2n) is 5.82. The smallest absolute Gasteiger partial charge is 0.224 e. The lowest BCUT2D eigenvalue weighted by Gasteiger charge is -2.07. The highest BCUT2D eigenvalue weighted by Crippen LogP contribution is 2.20. The largest absolute Gasteiger partial charge is 0.508 e. The van der Waals surface area contributed by atoms with Crippen LogP contribution < -0.4 is 5.32 Å². The lowest BCUT2D eigenvalue weighted by Crippen LogP contribution is -2.13. The first-order chi connectivity index (χ1) is 12.1. The van der Waals surface area contributed by atoms with Gasteiger partial charge in [0, 0.05) is 12.0 Å². The maximum Gasteiger partial charge on any atom is 0.224 e. The van der Waals surface area contributed by atoms with Gasteiger partial charge in [0.05, 0.1) is 18.1 Å². The van der Waals surface area contributed by atoms with E-state index < -0.39 is 0 Å². The summed E-state index contributed by atoms with van der Waals surface area (Å²) in [5, 5.41) is 12.3. The number of nitrogens with one attached hydrogen (secondary N) is 1. The van der Waals surface area contributed by atoms with Crippen molar-refractivity contribution in [1.29, 1.82) is 0 Å². The summed E-state index contributed by atoms with van der Waals surface area (Å²) in [4.78, 5) is 20.6. The average Bonchev–Trinajstić information content (AvgIpc) is 2.62. The number of aryl methyl sites for hydroxylation is 2. The van der Waals surface area contributed by atoms with Gasteiger partial charge in [-0.05, 0) is 36.6 Å². The van der Waals surface area contributed by atoms with Gasteiger partial charge in [0.1, 0.15) is 5.75 Å². The first kappa shape index (κ1) is 16.6. The Labute approximate surface area is 146 Å². The van der Waals surface area contributed by atoms with Gasteiger partial charge in [0.15, 0.2) is 5.82 Å². The number of amides is 1. The van der Waals surface area contributed by atoms with Crippen LogP contribution >= 0.6 is 0 Å². The van der Waals surface area contributed by atoms with Crippen molar-refractivity contribution in [3.63, 3.8) is 0 Å². The number of rotatable bonds is 5. The van der Waals surface area contributed by atoms with Gasteiger partial charge in [-0.3, -0.25) is 4.79 Å². The van der Waals surface area contributed by atoms with E-state index in [9.17, 15) is 9.90 Å². The molecule has 0 radical (unpaired) electrons. The number of carbonyl (C=O) groups excluding carboxylic acids is 1. The molecule has 5 heteroatoms. The Morgan fingerprint density at radius 2 is 1.84 bits per heavy atom. The molecular formula is C20H19N3O2. The summed E-state index contributed by atoms with van der Waals surface area (Å²) in [6.45, 7) is 2.04. The number of nitrogens with zero attached hydrogens (tertiary/aromatic N) is 2. The van der Waals surface area contributed by atoms with Gasteiger partial charge >= 0.3 is 0 Å². The molecule has 0 fully saturated rings. The molecule has 0 saturated heterocycles. The molecule has 5 nitrogen and oxygen atoms in total. The van der Waals surface area contributed by atoms with Crippen LogP contribution in [0.15, 0.2) is 60.9 Å². The van der Waals surface area contributed by atoms with Crippen molar-refractivity contribution in [3.05, 3.63) is 72.1 Å². The van der Waals surface area contributed by atoms with E-state index in [1.165, 1.54) is 11.1 Å². The molecule has 1 amide bonds. The van der Waals surface area contributed by atoms with Crippen LogP contribution in [0, 0.1) is 6.92 Å². The Bertz CT molecular complexity index is 876. The van der Waals surface area contributed by atoms with Gasteiger partial charge < -0.3 is 10.4 Å². The van der Waals surface area contributed by atoms with E-state index in [1.54, 1.807) is 30.6 Å². The maximum atomic E-state index is 12.1. The molecule has 1 heterocycles. The molecule has 0 aliphatic rings. The number of aromatic nitrogens is 2. The number of carbonyl (C=O) groups is 1. The van der Waals surface area contributed by atoms with E-state index in [4.69, 9.17) is 0 Å². The molecule has 3 rings (SSSR count). The van der Waals surface area contributed by atoms with Crippen LogP contribution in [0.5, 0.6) is 5.75 Å². The van der Waals surface area contributed by atoms with Crippen LogP contribution in [0.25, 0.3) is 11.4 Å².